The molecular formula is C14H8FNO3. The van der Waals surface area contributed by atoms with Crippen molar-refractivity contribution >= 4 is 5.97 Å². The predicted molar refractivity (Wildman–Crippen MR) is 65.2 cm³/mol. The first-order chi connectivity index (χ1) is 9.04. The van der Waals surface area contributed by atoms with Crippen LogP contribution in [0, 0.1) is 17.1 Å². The number of hydrogen-bond donors (Lipinski definition) is 2. The number of phenols is 1. The molecule has 2 aromatic rings. The summed E-state index contributed by atoms with van der Waals surface area (Å²) in [5.74, 6) is -2.42. The molecule has 2 aromatic carbocycles. The molecule has 4 nitrogen and oxygen atoms in total. The van der Waals surface area contributed by atoms with Gasteiger partial charge in [-0.05, 0) is 23.8 Å². The third-order valence-electron chi connectivity index (χ3n) is 2.66. The molecule has 2 N–H and O–H groups in total. The first kappa shape index (κ1) is 12.6. The van der Waals surface area contributed by atoms with Crippen LogP contribution >= 0.6 is 0 Å². The van der Waals surface area contributed by atoms with Gasteiger partial charge in [0.25, 0.3) is 0 Å². The van der Waals surface area contributed by atoms with E-state index < -0.39 is 17.5 Å². The van der Waals surface area contributed by atoms with Gasteiger partial charge in [-0.15, -0.1) is 0 Å². The highest BCUT2D eigenvalue weighted by Gasteiger charge is 2.14. The van der Waals surface area contributed by atoms with Crippen LogP contribution in [0.15, 0.2) is 36.4 Å². The number of carboxylic acid groups (broad SMARTS) is 1. The lowest BCUT2D eigenvalue weighted by atomic mass is 10.0. The van der Waals surface area contributed by atoms with Crippen molar-refractivity contribution in [3.8, 4) is 22.9 Å². The number of carboxylic acids is 1. The van der Waals surface area contributed by atoms with E-state index in [1.165, 1.54) is 30.3 Å². The molecule has 0 saturated carbocycles. The Hall–Kier alpha value is -2.87. The molecule has 0 aliphatic carbocycles. The molecule has 0 atom stereocenters. The van der Waals surface area contributed by atoms with Gasteiger partial charge in [-0.3, -0.25) is 0 Å². The van der Waals surface area contributed by atoms with Gasteiger partial charge >= 0.3 is 5.97 Å². The third kappa shape index (κ3) is 2.24. The van der Waals surface area contributed by atoms with Gasteiger partial charge in [-0.25, -0.2) is 9.18 Å². The minimum atomic E-state index is -1.27. The monoisotopic (exact) mass is 257 g/mol. The predicted octanol–water partition coefficient (Wildman–Crippen LogP) is 2.77. The second-order valence-electron chi connectivity index (χ2n) is 3.82. The van der Waals surface area contributed by atoms with Crippen LogP contribution < -0.4 is 0 Å². The maximum absolute atomic E-state index is 13.9. The molecule has 94 valence electrons. The van der Waals surface area contributed by atoms with Crippen molar-refractivity contribution in [3.63, 3.8) is 0 Å². The van der Waals surface area contributed by atoms with Gasteiger partial charge in [0.2, 0.25) is 0 Å². The first-order valence-electron chi connectivity index (χ1n) is 5.30. The van der Waals surface area contributed by atoms with Crippen LogP contribution in [0.4, 0.5) is 4.39 Å². The Labute approximate surface area is 108 Å². The normalized spacial score (nSPS) is 9.89. The van der Waals surface area contributed by atoms with Gasteiger partial charge in [-0.2, -0.15) is 5.26 Å². The van der Waals surface area contributed by atoms with Crippen molar-refractivity contribution in [2.45, 2.75) is 0 Å². The summed E-state index contributed by atoms with van der Waals surface area (Å²) in [4.78, 5) is 10.8. The van der Waals surface area contributed by atoms with Crippen LogP contribution in [-0.4, -0.2) is 16.2 Å². The topological polar surface area (TPSA) is 81.3 Å². The third-order valence-corrected chi connectivity index (χ3v) is 2.66. The summed E-state index contributed by atoms with van der Waals surface area (Å²) in [5, 5.41) is 27.1. The molecule has 0 aromatic heterocycles. The Bertz CT molecular complexity index is 704. The van der Waals surface area contributed by atoms with Crippen LogP contribution in [0.3, 0.4) is 0 Å². The molecule has 0 aliphatic rings. The van der Waals surface area contributed by atoms with Gasteiger partial charge in [-0.1, -0.05) is 18.2 Å². The van der Waals surface area contributed by atoms with Crippen molar-refractivity contribution in [1.29, 1.82) is 5.26 Å². The summed E-state index contributed by atoms with van der Waals surface area (Å²) < 4.78 is 13.9. The number of aromatic carboxylic acids is 1. The average Bonchev–Trinajstić information content (AvgIpc) is 2.38. The maximum atomic E-state index is 13.9. The lowest BCUT2D eigenvalue weighted by Gasteiger charge is -2.06. The zero-order valence-electron chi connectivity index (χ0n) is 9.59. The molecule has 0 radical (unpaired) electrons. The van der Waals surface area contributed by atoms with Crippen LogP contribution in [-0.2, 0) is 0 Å². The van der Waals surface area contributed by atoms with Gasteiger partial charge in [0.15, 0.2) is 0 Å². The fourth-order valence-electron chi connectivity index (χ4n) is 1.72. The lowest BCUT2D eigenvalue weighted by Crippen LogP contribution is -1.97. The number of halogens is 1. The fourth-order valence-corrected chi connectivity index (χ4v) is 1.72. The molecule has 0 spiro atoms. The molecule has 0 bridgehead atoms. The highest BCUT2D eigenvalue weighted by molar-refractivity contribution is 5.91. The van der Waals surface area contributed by atoms with Crippen LogP contribution in [0.25, 0.3) is 11.1 Å². The quantitative estimate of drug-likeness (QED) is 0.866. The van der Waals surface area contributed by atoms with Crippen LogP contribution in [0.1, 0.15) is 15.9 Å². The summed E-state index contributed by atoms with van der Waals surface area (Å²) in [7, 11) is 0. The summed E-state index contributed by atoms with van der Waals surface area (Å²) in [6.07, 6.45) is 0. The number of rotatable bonds is 2. The summed E-state index contributed by atoms with van der Waals surface area (Å²) in [6, 6.07) is 9.74. The average molecular weight is 257 g/mol. The molecule has 0 unspecified atom stereocenters. The summed E-state index contributed by atoms with van der Waals surface area (Å²) >= 11 is 0. The van der Waals surface area contributed by atoms with Gasteiger partial charge in [0.1, 0.15) is 23.2 Å². The fraction of sp³-hybridized carbons (Fsp3) is 0. The van der Waals surface area contributed by atoms with Crippen LogP contribution in [0.2, 0.25) is 0 Å². The minimum absolute atomic E-state index is 0.112. The number of aromatic hydroxyl groups is 1. The first-order valence-corrected chi connectivity index (χ1v) is 5.30. The Kier molecular flexibility index (Phi) is 3.17. The Balaban J connectivity index is 2.58. The molecule has 0 aliphatic heterocycles. The van der Waals surface area contributed by atoms with Gasteiger partial charge in [0, 0.05) is 5.56 Å². The highest BCUT2D eigenvalue weighted by Crippen LogP contribution is 2.29. The van der Waals surface area contributed by atoms with E-state index in [0.717, 1.165) is 6.07 Å². The van der Waals surface area contributed by atoms with E-state index in [1.54, 1.807) is 6.07 Å². The SMILES string of the molecule is N#Cc1cccc(-c2ccc(C(=O)O)c(O)c2)c1F. The van der Waals surface area contributed by atoms with Crippen molar-refractivity contribution in [1.82, 2.24) is 0 Å². The molecular weight excluding hydrogens is 249 g/mol. The summed E-state index contributed by atoms with van der Waals surface area (Å²) in [5.41, 5.74) is 0.0586. The van der Waals surface area contributed by atoms with E-state index in [4.69, 9.17) is 10.4 Å². The second-order valence-corrected chi connectivity index (χ2v) is 3.82. The highest BCUT2D eigenvalue weighted by atomic mass is 19.1. The Morgan fingerprint density at radius 2 is 2.00 bits per heavy atom. The van der Waals surface area contributed by atoms with E-state index >= 15 is 0 Å². The molecule has 0 saturated heterocycles. The van der Waals surface area contributed by atoms with E-state index in [-0.39, 0.29) is 16.7 Å². The smallest absolute Gasteiger partial charge is 0.339 e. The molecule has 5 heteroatoms. The van der Waals surface area contributed by atoms with Crippen molar-refractivity contribution in [2.75, 3.05) is 0 Å². The molecule has 0 fully saturated rings. The summed E-state index contributed by atoms with van der Waals surface area (Å²) in [6.45, 7) is 0. The molecule has 0 amide bonds. The maximum Gasteiger partial charge on any atom is 0.339 e. The van der Waals surface area contributed by atoms with Crippen molar-refractivity contribution < 1.29 is 19.4 Å². The Morgan fingerprint density at radius 1 is 1.26 bits per heavy atom. The Morgan fingerprint density at radius 3 is 2.58 bits per heavy atom. The molecule has 19 heavy (non-hydrogen) atoms. The van der Waals surface area contributed by atoms with E-state index in [2.05, 4.69) is 0 Å². The van der Waals surface area contributed by atoms with Crippen molar-refractivity contribution in [3.05, 3.63) is 53.3 Å². The standard InChI is InChI=1S/C14H8FNO3/c15-13-9(7-16)2-1-3-10(13)8-4-5-11(14(18)19)12(17)6-8/h1-6,17H,(H,18,19). The molecule has 2 rings (SSSR count). The minimum Gasteiger partial charge on any atom is -0.507 e. The van der Waals surface area contributed by atoms with Gasteiger partial charge < -0.3 is 10.2 Å². The number of nitrogens with zero attached hydrogens (tertiary/aromatic N) is 1. The second kappa shape index (κ2) is 4.78. The molecule has 0 heterocycles. The van der Waals surface area contributed by atoms with Gasteiger partial charge in [0.05, 0.1) is 5.56 Å². The zero-order valence-corrected chi connectivity index (χ0v) is 9.59. The van der Waals surface area contributed by atoms with Crippen molar-refractivity contribution in [2.24, 2.45) is 0 Å². The number of nitriles is 1. The largest absolute Gasteiger partial charge is 0.507 e. The lowest BCUT2D eigenvalue weighted by molar-refractivity contribution is 0.0694. The number of hydrogen-bond acceptors (Lipinski definition) is 3. The van der Waals surface area contributed by atoms with Crippen LogP contribution in [0.5, 0.6) is 5.75 Å². The number of benzene rings is 2. The number of carbonyl (C=O) groups is 1. The van der Waals surface area contributed by atoms with E-state index in [9.17, 15) is 14.3 Å². The zero-order chi connectivity index (χ0) is 14.0. The van der Waals surface area contributed by atoms with E-state index in [0.29, 0.717) is 5.56 Å². The van der Waals surface area contributed by atoms with E-state index in [1.807, 2.05) is 0 Å².